The highest BCUT2D eigenvalue weighted by Gasteiger charge is 2.28. The van der Waals surface area contributed by atoms with Gasteiger partial charge in [0.15, 0.2) is 0 Å². The highest BCUT2D eigenvalue weighted by atomic mass is 32.2. The van der Waals surface area contributed by atoms with Gasteiger partial charge in [0.05, 0.1) is 4.90 Å². The van der Waals surface area contributed by atoms with Crippen molar-refractivity contribution in [3.05, 3.63) is 29.8 Å². The minimum atomic E-state index is -3.52. The summed E-state index contributed by atoms with van der Waals surface area (Å²) in [5.74, 6) is 0.354. The predicted octanol–water partition coefficient (Wildman–Crippen LogP) is 3.03. The molecule has 1 amide bonds. The number of hydrogen-bond acceptors (Lipinski definition) is 3. The van der Waals surface area contributed by atoms with Gasteiger partial charge in [-0.25, -0.2) is 8.42 Å². The fraction of sp³-hybridized carbons (Fsp3) is 0.611. The number of hydrogen-bond donors (Lipinski definition) is 1. The fourth-order valence-electron chi connectivity index (χ4n) is 2.85. The van der Waals surface area contributed by atoms with E-state index < -0.39 is 10.0 Å². The molecule has 1 heterocycles. The Morgan fingerprint density at radius 1 is 1.25 bits per heavy atom. The molecular weight excluding hydrogens is 324 g/mol. The molecule has 0 spiro atoms. The lowest BCUT2D eigenvalue weighted by Crippen LogP contribution is -2.38. The first-order valence-corrected chi connectivity index (χ1v) is 10.3. The van der Waals surface area contributed by atoms with Crippen molar-refractivity contribution in [3.8, 4) is 0 Å². The minimum absolute atomic E-state index is 0.207. The topological polar surface area (TPSA) is 66.5 Å². The smallest absolute Gasteiger partial charge is 0.251 e. The third-order valence-corrected chi connectivity index (χ3v) is 6.44. The molecule has 1 saturated heterocycles. The van der Waals surface area contributed by atoms with Crippen LogP contribution in [-0.2, 0) is 10.0 Å². The summed E-state index contributed by atoms with van der Waals surface area (Å²) < 4.78 is 27.1. The fourth-order valence-corrected chi connectivity index (χ4v) is 4.37. The van der Waals surface area contributed by atoms with Crippen LogP contribution >= 0.6 is 0 Å². The van der Waals surface area contributed by atoms with E-state index in [9.17, 15) is 13.2 Å². The molecule has 1 aliphatic rings. The molecule has 0 unspecified atom stereocenters. The predicted molar refractivity (Wildman–Crippen MR) is 95.5 cm³/mol. The van der Waals surface area contributed by atoms with Crippen molar-refractivity contribution in [1.29, 1.82) is 0 Å². The monoisotopic (exact) mass is 352 g/mol. The maximum absolute atomic E-state index is 12.8. The zero-order chi connectivity index (χ0) is 17.6. The molecule has 134 valence electrons. The van der Waals surface area contributed by atoms with Gasteiger partial charge < -0.3 is 5.32 Å². The van der Waals surface area contributed by atoms with Gasteiger partial charge in [0.25, 0.3) is 5.91 Å². The molecule has 2 rings (SSSR count). The summed E-state index contributed by atoms with van der Waals surface area (Å²) in [6, 6.07) is 6.36. The average molecular weight is 353 g/mol. The highest BCUT2D eigenvalue weighted by Crippen LogP contribution is 2.23. The van der Waals surface area contributed by atoms with Crippen LogP contribution in [0.5, 0.6) is 0 Å². The summed E-state index contributed by atoms with van der Waals surface area (Å²) in [4.78, 5) is 12.4. The molecule has 5 nitrogen and oxygen atoms in total. The van der Waals surface area contributed by atoms with Gasteiger partial charge in [-0.2, -0.15) is 4.31 Å². The number of benzene rings is 1. The van der Waals surface area contributed by atoms with Crippen molar-refractivity contribution in [3.63, 3.8) is 0 Å². The SMILES string of the molecule is CCCCCNC(=O)c1cccc(S(=O)(=O)N2CCC(C)CC2)c1. The molecule has 0 atom stereocenters. The number of carbonyl (C=O) groups excluding carboxylic acids is 1. The summed E-state index contributed by atoms with van der Waals surface area (Å²) in [7, 11) is -3.52. The van der Waals surface area contributed by atoms with Crippen molar-refractivity contribution in [2.24, 2.45) is 5.92 Å². The Balaban J connectivity index is 2.07. The molecular formula is C18H28N2O3S. The van der Waals surface area contributed by atoms with Crippen molar-refractivity contribution in [2.45, 2.75) is 50.8 Å². The summed E-state index contributed by atoms with van der Waals surface area (Å²) in [6.45, 7) is 5.98. The van der Waals surface area contributed by atoms with E-state index in [0.29, 0.717) is 31.1 Å². The number of nitrogens with one attached hydrogen (secondary N) is 1. The molecule has 1 aromatic rings. The van der Waals surface area contributed by atoms with Crippen LogP contribution in [0.25, 0.3) is 0 Å². The van der Waals surface area contributed by atoms with E-state index in [-0.39, 0.29) is 10.8 Å². The van der Waals surface area contributed by atoms with Crippen LogP contribution in [0.1, 0.15) is 56.3 Å². The molecule has 6 heteroatoms. The number of sulfonamides is 1. The molecule has 0 saturated carbocycles. The second-order valence-corrected chi connectivity index (χ2v) is 8.52. The Labute approximate surface area is 145 Å². The molecule has 0 aliphatic carbocycles. The van der Waals surface area contributed by atoms with Gasteiger partial charge in [0, 0.05) is 25.2 Å². The highest BCUT2D eigenvalue weighted by molar-refractivity contribution is 7.89. The van der Waals surface area contributed by atoms with E-state index in [1.54, 1.807) is 18.2 Å². The quantitative estimate of drug-likeness (QED) is 0.767. The molecule has 24 heavy (non-hydrogen) atoms. The van der Waals surface area contributed by atoms with Crippen LogP contribution in [0.4, 0.5) is 0 Å². The summed E-state index contributed by atoms with van der Waals surface area (Å²) in [6.07, 6.45) is 4.87. The average Bonchev–Trinajstić information content (AvgIpc) is 2.59. The molecule has 0 bridgehead atoms. The van der Waals surface area contributed by atoms with Gasteiger partial charge in [-0.05, 0) is 43.4 Å². The van der Waals surface area contributed by atoms with Crippen LogP contribution in [0, 0.1) is 5.92 Å². The standard InChI is InChI=1S/C18H28N2O3S/c1-3-4-5-11-19-18(21)16-7-6-8-17(14-16)24(22,23)20-12-9-15(2)10-13-20/h6-8,14-15H,3-5,9-13H2,1-2H3,(H,19,21). The maximum Gasteiger partial charge on any atom is 0.251 e. The number of unbranched alkanes of at least 4 members (excludes halogenated alkanes) is 2. The minimum Gasteiger partial charge on any atom is -0.352 e. The molecule has 1 aromatic carbocycles. The second-order valence-electron chi connectivity index (χ2n) is 6.58. The van der Waals surface area contributed by atoms with Crippen molar-refractivity contribution in [2.75, 3.05) is 19.6 Å². The Hall–Kier alpha value is -1.40. The van der Waals surface area contributed by atoms with Gasteiger partial charge in [-0.15, -0.1) is 0 Å². The number of carbonyl (C=O) groups is 1. The van der Waals surface area contributed by atoms with Crippen LogP contribution in [0.15, 0.2) is 29.2 Å². The Kier molecular flexibility index (Phi) is 6.80. The lowest BCUT2D eigenvalue weighted by molar-refractivity contribution is 0.0952. The van der Waals surface area contributed by atoms with E-state index in [4.69, 9.17) is 0 Å². The van der Waals surface area contributed by atoms with Crippen molar-refractivity contribution < 1.29 is 13.2 Å². The van der Waals surface area contributed by atoms with Crippen molar-refractivity contribution in [1.82, 2.24) is 9.62 Å². The first-order chi connectivity index (χ1) is 11.4. The normalized spacial score (nSPS) is 16.9. The third kappa shape index (κ3) is 4.80. The zero-order valence-corrected chi connectivity index (χ0v) is 15.4. The second kappa shape index (κ2) is 8.62. The Bertz CT molecular complexity index is 650. The zero-order valence-electron chi connectivity index (χ0n) is 14.6. The summed E-state index contributed by atoms with van der Waals surface area (Å²) >= 11 is 0. The van der Waals surface area contributed by atoms with Crippen LogP contribution in [0.2, 0.25) is 0 Å². The number of nitrogens with zero attached hydrogens (tertiary/aromatic N) is 1. The Morgan fingerprint density at radius 2 is 1.96 bits per heavy atom. The molecule has 0 radical (unpaired) electrons. The van der Waals surface area contributed by atoms with Gasteiger partial charge >= 0.3 is 0 Å². The van der Waals surface area contributed by atoms with E-state index in [1.165, 1.54) is 10.4 Å². The van der Waals surface area contributed by atoms with E-state index in [0.717, 1.165) is 32.1 Å². The van der Waals surface area contributed by atoms with Crippen molar-refractivity contribution >= 4 is 15.9 Å². The van der Waals surface area contributed by atoms with Crippen LogP contribution in [0.3, 0.4) is 0 Å². The molecule has 1 N–H and O–H groups in total. The number of piperidine rings is 1. The number of amides is 1. The largest absolute Gasteiger partial charge is 0.352 e. The lowest BCUT2D eigenvalue weighted by atomic mass is 10.0. The molecule has 1 fully saturated rings. The van der Waals surface area contributed by atoms with E-state index in [2.05, 4.69) is 19.2 Å². The molecule has 1 aliphatic heterocycles. The summed E-state index contributed by atoms with van der Waals surface area (Å²) in [5.41, 5.74) is 0.401. The van der Waals surface area contributed by atoms with E-state index >= 15 is 0 Å². The van der Waals surface area contributed by atoms with Gasteiger partial charge in [0.1, 0.15) is 0 Å². The summed E-state index contributed by atoms with van der Waals surface area (Å²) in [5, 5.41) is 2.85. The van der Waals surface area contributed by atoms with Gasteiger partial charge in [0.2, 0.25) is 10.0 Å². The first kappa shape index (κ1) is 18.9. The van der Waals surface area contributed by atoms with Gasteiger partial charge in [-0.1, -0.05) is 32.8 Å². The van der Waals surface area contributed by atoms with Crippen LogP contribution in [-0.4, -0.2) is 38.3 Å². The number of rotatable bonds is 7. The maximum atomic E-state index is 12.8. The van der Waals surface area contributed by atoms with Crippen LogP contribution < -0.4 is 5.32 Å². The lowest BCUT2D eigenvalue weighted by Gasteiger charge is -2.29. The molecule has 0 aromatic heterocycles. The third-order valence-electron chi connectivity index (χ3n) is 4.54. The Morgan fingerprint density at radius 3 is 2.62 bits per heavy atom. The first-order valence-electron chi connectivity index (χ1n) is 8.83. The van der Waals surface area contributed by atoms with E-state index in [1.807, 2.05) is 0 Å². The van der Waals surface area contributed by atoms with Gasteiger partial charge in [-0.3, -0.25) is 4.79 Å².